The Hall–Kier alpha value is -0.810. The molecule has 0 aromatic carbocycles. The second-order valence-electron chi connectivity index (χ2n) is 2.60. The molecule has 1 aromatic heterocycles. The van der Waals surface area contributed by atoms with Gasteiger partial charge in [0.25, 0.3) is 0 Å². The van der Waals surface area contributed by atoms with Gasteiger partial charge in [-0.3, -0.25) is 9.51 Å². The fraction of sp³-hybridized carbons (Fsp3) is 0.600. The number of H-pyrrole nitrogens is 1. The van der Waals surface area contributed by atoms with E-state index in [0.29, 0.717) is 5.82 Å². The highest BCUT2D eigenvalue weighted by atomic mass is 35.5. The van der Waals surface area contributed by atoms with E-state index in [1.54, 1.807) is 0 Å². The molecule has 1 fully saturated rings. The standard InChI is InChI=1S/C5H7N3O2.ClH/c6-5(1-2-5)3-7-4(9)10-8-3;/h1-2,6H2,(H,7,8,9);1H. The summed E-state index contributed by atoms with van der Waals surface area (Å²) >= 11 is 0. The molecule has 0 spiro atoms. The molecule has 0 radical (unpaired) electrons. The van der Waals surface area contributed by atoms with Crippen molar-refractivity contribution >= 4 is 12.4 Å². The SMILES string of the molecule is Cl.NC1(c2noc(=O)[nH]2)CC1. The lowest BCUT2D eigenvalue weighted by Crippen LogP contribution is -2.21. The van der Waals surface area contributed by atoms with E-state index in [-0.39, 0.29) is 12.4 Å². The van der Waals surface area contributed by atoms with Crippen LogP contribution in [0.2, 0.25) is 0 Å². The molecule has 1 aliphatic rings. The van der Waals surface area contributed by atoms with Crippen LogP contribution >= 0.6 is 12.4 Å². The summed E-state index contributed by atoms with van der Waals surface area (Å²) in [7, 11) is 0. The molecule has 5 nitrogen and oxygen atoms in total. The average molecular weight is 178 g/mol. The Morgan fingerprint density at radius 1 is 1.64 bits per heavy atom. The summed E-state index contributed by atoms with van der Waals surface area (Å²) in [5, 5.41) is 3.48. The molecule has 11 heavy (non-hydrogen) atoms. The lowest BCUT2D eigenvalue weighted by Gasteiger charge is -1.98. The predicted octanol–water partition coefficient (Wildman–Crippen LogP) is -0.268. The van der Waals surface area contributed by atoms with E-state index in [0.717, 1.165) is 12.8 Å². The summed E-state index contributed by atoms with van der Waals surface area (Å²) in [6, 6.07) is 0. The molecule has 0 bridgehead atoms. The zero-order valence-corrected chi connectivity index (χ0v) is 6.48. The first-order valence-electron chi connectivity index (χ1n) is 3.06. The molecule has 0 saturated heterocycles. The van der Waals surface area contributed by atoms with Gasteiger partial charge in [0.15, 0.2) is 5.82 Å². The molecule has 1 aromatic rings. The van der Waals surface area contributed by atoms with Crippen LogP contribution in [0.3, 0.4) is 0 Å². The van der Waals surface area contributed by atoms with E-state index in [2.05, 4.69) is 14.7 Å². The Morgan fingerprint density at radius 2 is 2.27 bits per heavy atom. The van der Waals surface area contributed by atoms with Gasteiger partial charge < -0.3 is 5.73 Å². The van der Waals surface area contributed by atoms with Crippen LogP contribution in [0.1, 0.15) is 18.7 Å². The molecule has 62 valence electrons. The maximum absolute atomic E-state index is 10.4. The Bertz CT molecular complexity index is 301. The van der Waals surface area contributed by atoms with Crippen molar-refractivity contribution in [3.8, 4) is 0 Å². The molecule has 1 saturated carbocycles. The van der Waals surface area contributed by atoms with Gasteiger partial charge in [-0.1, -0.05) is 5.16 Å². The van der Waals surface area contributed by atoms with Gasteiger partial charge in [-0.05, 0) is 12.8 Å². The van der Waals surface area contributed by atoms with Crippen molar-refractivity contribution in [1.29, 1.82) is 0 Å². The largest absolute Gasteiger partial charge is 0.438 e. The quantitative estimate of drug-likeness (QED) is 0.619. The molecule has 0 unspecified atom stereocenters. The highest BCUT2D eigenvalue weighted by molar-refractivity contribution is 5.85. The Morgan fingerprint density at radius 3 is 2.64 bits per heavy atom. The van der Waals surface area contributed by atoms with E-state index in [4.69, 9.17) is 5.73 Å². The van der Waals surface area contributed by atoms with Crippen LogP contribution in [0, 0.1) is 0 Å². The van der Waals surface area contributed by atoms with Gasteiger partial charge in [0, 0.05) is 0 Å². The van der Waals surface area contributed by atoms with Crippen molar-refractivity contribution in [3.63, 3.8) is 0 Å². The molecule has 0 atom stereocenters. The Kier molecular flexibility index (Phi) is 1.77. The second kappa shape index (κ2) is 2.35. The first-order valence-corrected chi connectivity index (χ1v) is 3.06. The number of rotatable bonds is 1. The van der Waals surface area contributed by atoms with Crippen molar-refractivity contribution in [2.75, 3.05) is 0 Å². The molecule has 0 amide bonds. The van der Waals surface area contributed by atoms with E-state index >= 15 is 0 Å². The highest BCUT2D eigenvalue weighted by Crippen LogP contribution is 2.39. The number of nitrogens with one attached hydrogen (secondary N) is 1. The number of nitrogens with two attached hydrogens (primary N) is 1. The highest BCUT2D eigenvalue weighted by Gasteiger charge is 2.43. The summed E-state index contributed by atoms with van der Waals surface area (Å²) in [5.74, 6) is -0.0655. The normalized spacial score (nSPS) is 19.0. The first-order chi connectivity index (χ1) is 4.71. The summed E-state index contributed by atoms with van der Waals surface area (Å²) in [5.41, 5.74) is 5.29. The third-order valence-electron chi connectivity index (χ3n) is 1.70. The number of halogens is 1. The van der Waals surface area contributed by atoms with Crippen LogP contribution in [-0.2, 0) is 5.54 Å². The number of aromatic nitrogens is 2. The third kappa shape index (κ3) is 1.29. The second-order valence-corrected chi connectivity index (χ2v) is 2.60. The van der Waals surface area contributed by atoms with Gasteiger partial charge in [0.05, 0.1) is 5.54 Å². The van der Waals surface area contributed by atoms with E-state index in [1.165, 1.54) is 0 Å². The summed E-state index contributed by atoms with van der Waals surface area (Å²) in [4.78, 5) is 12.8. The molecule has 3 N–H and O–H groups in total. The summed E-state index contributed by atoms with van der Waals surface area (Å²) in [6.45, 7) is 0. The first kappa shape index (κ1) is 8.29. The minimum atomic E-state index is -0.535. The van der Waals surface area contributed by atoms with Crippen LogP contribution in [0.5, 0.6) is 0 Å². The van der Waals surface area contributed by atoms with Crippen molar-refractivity contribution in [3.05, 3.63) is 16.4 Å². The number of aromatic amines is 1. The van der Waals surface area contributed by atoms with Gasteiger partial charge in [-0.2, -0.15) is 0 Å². The van der Waals surface area contributed by atoms with Crippen LogP contribution in [-0.4, -0.2) is 10.1 Å². The molecular formula is C5H8ClN3O2. The Balaban J connectivity index is 0.000000605. The minimum absolute atomic E-state index is 0. The lowest BCUT2D eigenvalue weighted by atomic mass is 10.3. The predicted molar refractivity (Wildman–Crippen MR) is 39.5 cm³/mol. The minimum Gasteiger partial charge on any atom is -0.319 e. The van der Waals surface area contributed by atoms with Crippen molar-refractivity contribution in [2.24, 2.45) is 5.73 Å². The van der Waals surface area contributed by atoms with Crippen LogP contribution in [0.15, 0.2) is 9.32 Å². The average Bonchev–Trinajstić information content (AvgIpc) is 2.45. The number of hydrogen-bond acceptors (Lipinski definition) is 4. The maximum atomic E-state index is 10.4. The van der Waals surface area contributed by atoms with Crippen LogP contribution in [0.25, 0.3) is 0 Å². The van der Waals surface area contributed by atoms with Gasteiger partial charge in [0.1, 0.15) is 0 Å². The molecule has 6 heteroatoms. The van der Waals surface area contributed by atoms with Gasteiger partial charge in [-0.25, -0.2) is 4.79 Å². The van der Waals surface area contributed by atoms with Gasteiger partial charge in [0.2, 0.25) is 0 Å². The van der Waals surface area contributed by atoms with Crippen molar-refractivity contribution < 1.29 is 4.52 Å². The molecule has 1 heterocycles. The fourth-order valence-corrected chi connectivity index (χ4v) is 0.816. The fourth-order valence-electron chi connectivity index (χ4n) is 0.816. The smallest absolute Gasteiger partial charge is 0.319 e. The van der Waals surface area contributed by atoms with Crippen molar-refractivity contribution in [1.82, 2.24) is 10.1 Å². The maximum Gasteiger partial charge on any atom is 0.438 e. The zero-order valence-electron chi connectivity index (χ0n) is 5.66. The van der Waals surface area contributed by atoms with Crippen molar-refractivity contribution in [2.45, 2.75) is 18.4 Å². The van der Waals surface area contributed by atoms with Crippen LogP contribution < -0.4 is 11.5 Å². The molecular weight excluding hydrogens is 170 g/mol. The zero-order chi connectivity index (χ0) is 7.19. The van der Waals surface area contributed by atoms with E-state index in [9.17, 15) is 4.79 Å². The Labute approximate surface area is 68.4 Å². The summed E-state index contributed by atoms with van der Waals surface area (Å²) < 4.78 is 4.29. The van der Waals surface area contributed by atoms with Gasteiger partial charge in [-0.15, -0.1) is 12.4 Å². The topological polar surface area (TPSA) is 84.9 Å². The van der Waals surface area contributed by atoms with E-state index in [1.807, 2.05) is 0 Å². The monoisotopic (exact) mass is 177 g/mol. The third-order valence-corrected chi connectivity index (χ3v) is 1.70. The lowest BCUT2D eigenvalue weighted by molar-refractivity contribution is 0.376. The van der Waals surface area contributed by atoms with E-state index < -0.39 is 11.3 Å². The molecule has 1 aliphatic carbocycles. The van der Waals surface area contributed by atoms with Gasteiger partial charge >= 0.3 is 5.76 Å². The number of hydrogen-bond donors (Lipinski definition) is 2. The number of nitrogens with zero attached hydrogens (tertiary/aromatic N) is 1. The molecule has 2 rings (SSSR count). The molecule has 0 aliphatic heterocycles. The summed E-state index contributed by atoms with van der Waals surface area (Å²) in [6.07, 6.45) is 1.74. The van der Waals surface area contributed by atoms with Crippen LogP contribution in [0.4, 0.5) is 0 Å².